The van der Waals surface area contributed by atoms with Crippen LogP contribution in [0.25, 0.3) is 0 Å². The summed E-state index contributed by atoms with van der Waals surface area (Å²) in [7, 11) is 0. The van der Waals surface area contributed by atoms with E-state index >= 15 is 0 Å². The smallest absolute Gasteiger partial charge is 0.0745 e. The lowest BCUT2D eigenvalue weighted by Crippen LogP contribution is -2.15. The van der Waals surface area contributed by atoms with Crippen molar-refractivity contribution in [1.82, 2.24) is 0 Å². The van der Waals surface area contributed by atoms with Crippen LogP contribution in [0.3, 0.4) is 0 Å². The van der Waals surface area contributed by atoms with Gasteiger partial charge in [-0.25, -0.2) is 0 Å². The number of hydrogen-bond acceptors (Lipinski definition) is 2. The minimum Gasteiger partial charge on any atom is -0.394 e. The van der Waals surface area contributed by atoms with Crippen molar-refractivity contribution in [3.05, 3.63) is 62.7 Å². The van der Waals surface area contributed by atoms with Crippen molar-refractivity contribution in [2.45, 2.75) is 6.04 Å². The molecule has 0 aromatic heterocycles. The van der Waals surface area contributed by atoms with Gasteiger partial charge in [0, 0.05) is 14.3 Å². The van der Waals surface area contributed by atoms with Gasteiger partial charge in [-0.05, 0) is 46.4 Å². The molecule has 2 N–H and O–H groups in total. The molecule has 0 aliphatic rings. The number of aliphatic hydroxyl groups excluding tert-OH is 1. The van der Waals surface area contributed by atoms with Gasteiger partial charge in [-0.2, -0.15) is 0 Å². The van der Waals surface area contributed by atoms with E-state index in [0.29, 0.717) is 5.02 Å². The van der Waals surface area contributed by atoms with Gasteiger partial charge in [0.25, 0.3) is 0 Å². The van der Waals surface area contributed by atoms with Gasteiger partial charge in [0.2, 0.25) is 0 Å². The molecular formula is C14H13ClINO. The highest BCUT2D eigenvalue weighted by molar-refractivity contribution is 14.1. The second-order valence-corrected chi connectivity index (χ2v) is 5.51. The zero-order chi connectivity index (χ0) is 13.0. The summed E-state index contributed by atoms with van der Waals surface area (Å²) in [5.41, 5.74) is 2.04. The normalized spacial score (nSPS) is 12.2. The Morgan fingerprint density at radius 2 is 1.89 bits per heavy atom. The summed E-state index contributed by atoms with van der Waals surface area (Å²) in [6.45, 7) is 0.0444. The van der Waals surface area contributed by atoms with Gasteiger partial charge < -0.3 is 10.4 Å². The third-order valence-corrected chi connectivity index (χ3v) is 3.77. The molecule has 0 amide bonds. The fourth-order valence-corrected chi connectivity index (χ4v) is 2.74. The Labute approximate surface area is 125 Å². The summed E-state index contributed by atoms with van der Waals surface area (Å²) in [6.07, 6.45) is 0. The second kappa shape index (κ2) is 6.41. The quantitative estimate of drug-likeness (QED) is 0.791. The first-order valence-electron chi connectivity index (χ1n) is 5.58. The van der Waals surface area contributed by atoms with Gasteiger partial charge in [0.05, 0.1) is 12.6 Å². The highest BCUT2D eigenvalue weighted by atomic mass is 127. The van der Waals surface area contributed by atoms with Crippen LogP contribution in [-0.4, -0.2) is 11.7 Å². The molecule has 0 aliphatic carbocycles. The van der Waals surface area contributed by atoms with Crippen LogP contribution >= 0.6 is 34.2 Å². The number of hydrogen-bond donors (Lipinski definition) is 2. The Morgan fingerprint density at radius 1 is 1.17 bits per heavy atom. The van der Waals surface area contributed by atoms with E-state index in [0.717, 1.165) is 14.8 Å². The predicted molar refractivity (Wildman–Crippen MR) is 84.1 cm³/mol. The van der Waals surface area contributed by atoms with Gasteiger partial charge in [-0.1, -0.05) is 41.9 Å². The van der Waals surface area contributed by atoms with E-state index in [1.54, 1.807) is 0 Å². The number of benzene rings is 2. The first kappa shape index (κ1) is 13.6. The molecule has 0 fully saturated rings. The SMILES string of the molecule is OCC(Nc1ccc(Cl)cc1I)c1ccccc1. The van der Waals surface area contributed by atoms with E-state index in [2.05, 4.69) is 27.9 Å². The van der Waals surface area contributed by atoms with E-state index < -0.39 is 0 Å². The number of anilines is 1. The molecule has 1 unspecified atom stereocenters. The molecular weight excluding hydrogens is 361 g/mol. The average Bonchev–Trinajstić information content (AvgIpc) is 2.39. The highest BCUT2D eigenvalue weighted by Crippen LogP contribution is 2.26. The summed E-state index contributed by atoms with van der Waals surface area (Å²) < 4.78 is 1.04. The second-order valence-electron chi connectivity index (χ2n) is 3.91. The fourth-order valence-electron chi connectivity index (χ4n) is 1.71. The maximum absolute atomic E-state index is 9.50. The van der Waals surface area contributed by atoms with E-state index in [9.17, 15) is 5.11 Å². The maximum Gasteiger partial charge on any atom is 0.0745 e. The van der Waals surface area contributed by atoms with Crippen LogP contribution in [-0.2, 0) is 0 Å². The van der Waals surface area contributed by atoms with Crippen LogP contribution in [0.1, 0.15) is 11.6 Å². The van der Waals surface area contributed by atoms with Crippen LogP contribution in [0.15, 0.2) is 48.5 Å². The van der Waals surface area contributed by atoms with Crippen molar-refractivity contribution < 1.29 is 5.11 Å². The molecule has 0 saturated heterocycles. The average molecular weight is 374 g/mol. The summed E-state index contributed by atoms with van der Waals surface area (Å²) in [5, 5.41) is 13.5. The Hall–Kier alpha value is -0.780. The first-order chi connectivity index (χ1) is 8.70. The first-order valence-corrected chi connectivity index (χ1v) is 7.04. The van der Waals surface area contributed by atoms with Crippen LogP contribution < -0.4 is 5.32 Å². The Balaban J connectivity index is 2.21. The third-order valence-electron chi connectivity index (χ3n) is 2.65. The Morgan fingerprint density at radius 3 is 2.50 bits per heavy atom. The lowest BCUT2D eigenvalue weighted by molar-refractivity contribution is 0.276. The highest BCUT2D eigenvalue weighted by Gasteiger charge is 2.11. The monoisotopic (exact) mass is 373 g/mol. The largest absolute Gasteiger partial charge is 0.394 e. The van der Waals surface area contributed by atoms with Crippen LogP contribution in [0.4, 0.5) is 5.69 Å². The van der Waals surface area contributed by atoms with Gasteiger partial charge in [-0.15, -0.1) is 0 Å². The maximum atomic E-state index is 9.50. The molecule has 0 heterocycles. The molecule has 0 saturated carbocycles. The molecule has 0 radical (unpaired) electrons. The summed E-state index contributed by atoms with van der Waals surface area (Å²) in [6, 6.07) is 15.4. The molecule has 2 rings (SSSR count). The molecule has 2 aromatic carbocycles. The fraction of sp³-hybridized carbons (Fsp3) is 0.143. The molecule has 18 heavy (non-hydrogen) atoms. The number of nitrogens with one attached hydrogen (secondary N) is 1. The van der Waals surface area contributed by atoms with Crippen LogP contribution in [0, 0.1) is 3.57 Å². The molecule has 0 bridgehead atoms. The molecule has 1 atom stereocenters. The molecule has 2 nitrogen and oxygen atoms in total. The topological polar surface area (TPSA) is 32.3 Å². The third kappa shape index (κ3) is 3.37. The molecule has 94 valence electrons. The van der Waals surface area contributed by atoms with E-state index in [4.69, 9.17) is 11.6 Å². The number of halogens is 2. The van der Waals surface area contributed by atoms with Crippen LogP contribution in [0.5, 0.6) is 0 Å². The van der Waals surface area contributed by atoms with E-state index in [1.807, 2.05) is 48.5 Å². The lowest BCUT2D eigenvalue weighted by Gasteiger charge is -2.19. The van der Waals surface area contributed by atoms with Crippen molar-refractivity contribution in [1.29, 1.82) is 0 Å². The molecule has 0 spiro atoms. The van der Waals surface area contributed by atoms with Gasteiger partial charge in [-0.3, -0.25) is 0 Å². The van der Waals surface area contributed by atoms with E-state index in [-0.39, 0.29) is 12.6 Å². The minimum absolute atomic E-state index is 0.0444. The van der Waals surface area contributed by atoms with Gasteiger partial charge in [0.15, 0.2) is 0 Å². The van der Waals surface area contributed by atoms with Gasteiger partial charge in [0.1, 0.15) is 0 Å². The zero-order valence-electron chi connectivity index (χ0n) is 9.61. The zero-order valence-corrected chi connectivity index (χ0v) is 12.5. The Bertz CT molecular complexity index is 518. The van der Waals surface area contributed by atoms with Gasteiger partial charge >= 0.3 is 0 Å². The van der Waals surface area contributed by atoms with Crippen molar-refractivity contribution in [2.75, 3.05) is 11.9 Å². The number of rotatable bonds is 4. The minimum atomic E-state index is -0.110. The summed E-state index contributed by atoms with van der Waals surface area (Å²) in [4.78, 5) is 0. The predicted octanol–water partition coefficient (Wildman–Crippen LogP) is 4.09. The van der Waals surface area contributed by atoms with Crippen molar-refractivity contribution in [3.8, 4) is 0 Å². The van der Waals surface area contributed by atoms with Crippen LogP contribution in [0.2, 0.25) is 5.02 Å². The number of aliphatic hydroxyl groups is 1. The summed E-state index contributed by atoms with van der Waals surface area (Å²) in [5.74, 6) is 0. The van der Waals surface area contributed by atoms with Crippen molar-refractivity contribution in [2.24, 2.45) is 0 Å². The molecule has 0 aliphatic heterocycles. The van der Waals surface area contributed by atoms with Crippen molar-refractivity contribution in [3.63, 3.8) is 0 Å². The molecule has 2 aromatic rings. The molecule has 4 heteroatoms. The Kier molecular flexibility index (Phi) is 4.86. The van der Waals surface area contributed by atoms with E-state index in [1.165, 1.54) is 0 Å². The summed E-state index contributed by atoms with van der Waals surface area (Å²) >= 11 is 8.15. The van der Waals surface area contributed by atoms with Crippen molar-refractivity contribution >= 4 is 39.9 Å². The lowest BCUT2D eigenvalue weighted by atomic mass is 10.1. The standard InChI is InChI=1S/C14H13ClINO/c15-11-6-7-13(12(16)8-11)17-14(9-18)10-4-2-1-3-5-10/h1-8,14,17-18H,9H2.